The van der Waals surface area contributed by atoms with Gasteiger partial charge in [-0.25, -0.2) is 4.79 Å². The summed E-state index contributed by atoms with van der Waals surface area (Å²) in [6.45, 7) is 4.04. The van der Waals surface area contributed by atoms with E-state index in [2.05, 4.69) is 10.2 Å². The predicted octanol–water partition coefficient (Wildman–Crippen LogP) is 0.191. The van der Waals surface area contributed by atoms with E-state index in [1.54, 1.807) is 0 Å². The maximum absolute atomic E-state index is 11.0. The molecule has 3 saturated heterocycles. The van der Waals surface area contributed by atoms with E-state index in [9.17, 15) is 4.79 Å². The van der Waals surface area contributed by atoms with Crippen LogP contribution in [0.15, 0.2) is 0 Å². The molecule has 0 radical (unpaired) electrons. The van der Waals surface area contributed by atoms with Crippen molar-refractivity contribution in [3.8, 4) is 0 Å². The van der Waals surface area contributed by atoms with Gasteiger partial charge >= 0.3 is 6.09 Å². The maximum atomic E-state index is 11.0. The number of fused-ring (bicyclic) bond motifs is 3. The summed E-state index contributed by atoms with van der Waals surface area (Å²) >= 11 is 0. The van der Waals surface area contributed by atoms with E-state index in [-0.39, 0.29) is 11.6 Å². The Bertz CT molecular complexity index is 256. The molecule has 0 aromatic heterocycles. The number of piperidine rings is 1. The topological polar surface area (TPSA) is 41.6 Å². The van der Waals surface area contributed by atoms with Crippen LogP contribution < -0.4 is 5.32 Å². The Balaban J connectivity index is 1.86. The molecule has 0 aliphatic carbocycles. The van der Waals surface area contributed by atoms with Gasteiger partial charge in [0.15, 0.2) is 0 Å². The molecule has 2 bridgehead atoms. The van der Waals surface area contributed by atoms with Gasteiger partial charge in [-0.3, -0.25) is 0 Å². The van der Waals surface area contributed by atoms with Gasteiger partial charge in [-0.1, -0.05) is 0 Å². The molecule has 3 rings (SSSR count). The lowest BCUT2D eigenvalue weighted by Crippen LogP contribution is -2.55. The highest BCUT2D eigenvalue weighted by molar-refractivity contribution is 5.71. The molecule has 1 N–H and O–H groups in total. The van der Waals surface area contributed by atoms with Gasteiger partial charge in [-0.05, 0) is 25.3 Å². The molecule has 3 aliphatic heterocycles. The molecule has 3 atom stereocenters. The van der Waals surface area contributed by atoms with Gasteiger partial charge in [-0.15, -0.1) is 0 Å². The van der Waals surface area contributed by atoms with Crippen molar-refractivity contribution >= 4 is 6.09 Å². The Morgan fingerprint density at radius 2 is 2.46 bits per heavy atom. The van der Waals surface area contributed by atoms with Crippen LogP contribution in [0.4, 0.5) is 4.79 Å². The van der Waals surface area contributed by atoms with Crippen LogP contribution in [0.1, 0.15) is 12.8 Å². The number of cyclic esters (lactones) is 1. The summed E-state index contributed by atoms with van der Waals surface area (Å²) in [7, 11) is 0. The molecule has 0 aromatic carbocycles. The minimum Gasteiger partial charge on any atom is -0.447 e. The third-order valence-electron chi connectivity index (χ3n) is 3.74. The van der Waals surface area contributed by atoms with Crippen molar-refractivity contribution < 1.29 is 9.53 Å². The summed E-state index contributed by atoms with van der Waals surface area (Å²) in [5, 5.41) is 3.01. The van der Waals surface area contributed by atoms with Gasteiger partial charge in [-0.2, -0.15) is 0 Å². The van der Waals surface area contributed by atoms with Crippen LogP contribution in [0.5, 0.6) is 0 Å². The molecule has 1 amide bonds. The van der Waals surface area contributed by atoms with Gasteiger partial charge in [0.25, 0.3) is 0 Å². The number of alkyl carbamates (subject to hydrolysis) is 1. The molecule has 0 aromatic rings. The van der Waals surface area contributed by atoms with Crippen molar-refractivity contribution in [3.63, 3.8) is 0 Å². The standard InChI is InChI=1S/C9H14N2O2/c12-8-10-9(6-13-8)2-4-11-3-1-7(9)5-11/h7H,1-6H2,(H,10,12). The average molecular weight is 182 g/mol. The summed E-state index contributed by atoms with van der Waals surface area (Å²) in [5.74, 6) is 0.618. The van der Waals surface area contributed by atoms with E-state index in [1.807, 2.05) is 0 Å². The van der Waals surface area contributed by atoms with Gasteiger partial charge in [0.2, 0.25) is 0 Å². The second-order valence-electron chi connectivity index (χ2n) is 4.39. The number of carbonyl (C=O) groups is 1. The summed E-state index contributed by atoms with van der Waals surface area (Å²) in [5.41, 5.74) is -0.00984. The number of rotatable bonds is 0. The second kappa shape index (κ2) is 2.38. The quantitative estimate of drug-likeness (QED) is 0.581. The van der Waals surface area contributed by atoms with Gasteiger partial charge in [0, 0.05) is 13.1 Å². The van der Waals surface area contributed by atoms with Crippen LogP contribution in [0, 0.1) is 5.92 Å². The second-order valence-corrected chi connectivity index (χ2v) is 4.39. The number of hydrogen-bond acceptors (Lipinski definition) is 3. The van der Waals surface area contributed by atoms with E-state index >= 15 is 0 Å². The Hall–Kier alpha value is -0.770. The van der Waals surface area contributed by atoms with Crippen molar-refractivity contribution in [2.45, 2.75) is 18.4 Å². The minimum absolute atomic E-state index is 0.00984. The molecule has 4 nitrogen and oxygen atoms in total. The molecule has 0 saturated carbocycles. The third-order valence-corrected chi connectivity index (χ3v) is 3.74. The monoisotopic (exact) mass is 182 g/mol. The highest BCUT2D eigenvalue weighted by Crippen LogP contribution is 2.37. The lowest BCUT2D eigenvalue weighted by atomic mass is 9.80. The largest absolute Gasteiger partial charge is 0.447 e. The first kappa shape index (κ1) is 7.62. The lowest BCUT2D eigenvalue weighted by Gasteiger charge is -2.37. The van der Waals surface area contributed by atoms with Crippen molar-refractivity contribution in [2.24, 2.45) is 5.92 Å². The van der Waals surface area contributed by atoms with Crippen molar-refractivity contribution in [3.05, 3.63) is 0 Å². The van der Waals surface area contributed by atoms with Crippen LogP contribution in [0.25, 0.3) is 0 Å². The van der Waals surface area contributed by atoms with Gasteiger partial charge in [0.1, 0.15) is 6.61 Å². The fraction of sp³-hybridized carbons (Fsp3) is 0.889. The zero-order valence-corrected chi connectivity index (χ0v) is 7.58. The first-order chi connectivity index (χ1) is 6.28. The van der Waals surface area contributed by atoms with Crippen LogP contribution in [0.2, 0.25) is 0 Å². The zero-order chi connectivity index (χ0) is 8.89. The molecule has 1 spiro atoms. The number of hydrogen-bond donors (Lipinski definition) is 1. The highest BCUT2D eigenvalue weighted by atomic mass is 16.6. The van der Waals surface area contributed by atoms with Crippen LogP contribution in [-0.4, -0.2) is 42.8 Å². The van der Waals surface area contributed by atoms with Crippen molar-refractivity contribution in [1.29, 1.82) is 0 Å². The normalized spacial score (nSPS) is 47.8. The van der Waals surface area contributed by atoms with E-state index in [4.69, 9.17) is 4.74 Å². The fourth-order valence-corrected chi connectivity index (χ4v) is 2.87. The first-order valence-electron chi connectivity index (χ1n) is 4.96. The molecule has 3 unspecified atom stereocenters. The lowest BCUT2D eigenvalue weighted by molar-refractivity contribution is 0.124. The molecular weight excluding hydrogens is 168 g/mol. The van der Waals surface area contributed by atoms with Crippen LogP contribution in [0.3, 0.4) is 0 Å². The fourth-order valence-electron chi connectivity index (χ4n) is 2.87. The zero-order valence-electron chi connectivity index (χ0n) is 7.58. The van der Waals surface area contributed by atoms with E-state index in [1.165, 1.54) is 13.0 Å². The Labute approximate surface area is 77.2 Å². The summed E-state index contributed by atoms with van der Waals surface area (Å²) < 4.78 is 5.03. The SMILES string of the molecule is O=C1NC2(CCN3CCC2C3)CO1. The summed E-state index contributed by atoms with van der Waals surface area (Å²) in [6.07, 6.45) is 2.05. The number of carbonyl (C=O) groups excluding carboxylic acids is 1. The number of nitrogens with one attached hydrogen (secondary N) is 1. The van der Waals surface area contributed by atoms with Gasteiger partial charge < -0.3 is 15.0 Å². The van der Waals surface area contributed by atoms with Gasteiger partial charge in [0.05, 0.1) is 5.54 Å². The minimum atomic E-state index is -0.222. The van der Waals surface area contributed by atoms with Crippen molar-refractivity contribution in [2.75, 3.05) is 26.2 Å². The van der Waals surface area contributed by atoms with Crippen molar-refractivity contribution in [1.82, 2.24) is 10.2 Å². The van der Waals surface area contributed by atoms with E-state index in [0.29, 0.717) is 12.5 Å². The molecular formula is C9H14N2O2. The predicted molar refractivity (Wildman–Crippen MR) is 46.4 cm³/mol. The maximum Gasteiger partial charge on any atom is 0.407 e. The molecule has 3 aliphatic rings. The summed E-state index contributed by atoms with van der Waals surface area (Å²) in [6, 6.07) is 0. The average Bonchev–Trinajstić information content (AvgIpc) is 2.66. The third kappa shape index (κ3) is 0.981. The summed E-state index contributed by atoms with van der Waals surface area (Å²) in [4.78, 5) is 13.5. The van der Waals surface area contributed by atoms with E-state index in [0.717, 1.165) is 19.5 Å². The highest BCUT2D eigenvalue weighted by Gasteiger charge is 2.51. The Kier molecular flexibility index (Phi) is 1.39. The molecule has 3 fully saturated rings. The Morgan fingerprint density at radius 1 is 1.54 bits per heavy atom. The molecule has 13 heavy (non-hydrogen) atoms. The van der Waals surface area contributed by atoms with Crippen LogP contribution >= 0.6 is 0 Å². The molecule has 72 valence electrons. The van der Waals surface area contributed by atoms with Crippen LogP contribution in [-0.2, 0) is 4.74 Å². The molecule has 4 heteroatoms. The number of amides is 1. The smallest absolute Gasteiger partial charge is 0.407 e. The number of ether oxygens (including phenoxy) is 1. The van der Waals surface area contributed by atoms with E-state index < -0.39 is 0 Å². The first-order valence-corrected chi connectivity index (χ1v) is 4.96. The number of nitrogens with zero attached hydrogens (tertiary/aromatic N) is 1. The Morgan fingerprint density at radius 3 is 3.23 bits per heavy atom. The molecule has 3 heterocycles.